The summed E-state index contributed by atoms with van der Waals surface area (Å²) >= 11 is 12.1. The second-order valence-corrected chi connectivity index (χ2v) is 8.88. The minimum absolute atomic E-state index is 0. The fourth-order valence-electron chi connectivity index (χ4n) is 4.83. The molecule has 1 fully saturated rings. The Bertz CT molecular complexity index is 915. The van der Waals surface area contributed by atoms with Gasteiger partial charge >= 0.3 is 0 Å². The van der Waals surface area contributed by atoms with Gasteiger partial charge in [0.15, 0.2) is 0 Å². The number of amides is 1. The van der Waals surface area contributed by atoms with Gasteiger partial charge in [0, 0.05) is 13.1 Å². The highest BCUT2D eigenvalue weighted by Gasteiger charge is 2.39. The maximum atomic E-state index is 13.2. The molecule has 2 unspecified atom stereocenters. The molecule has 2 atom stereocenters. The van der Waals surface area contributed by atoms with E-state index in [0.29, 0.717) is 15.8 Å². The lowest BCUT2D eigenvalue weighted by Crippen LogP contribution is -2.48. The van der Waals surface area contributed by atoms with E-state index in [2.05, 4.69) is 11.0 Å². The van der Waals surface area contributed by atoms with Crippen LogP contribution in [-0.4, -0.2) is 47.0 Å². The van der Waals surface area contributed by atoms with E-state index in [4.69, 9.17) is 23.2 Å². The predicted molar refractivity (Wildman–Crippen MR) is 124 cm³/mol. The number of carbonyl (C=O) groups excluding carboxylic acids is 1. The average Bonchev–Trinajstić information content (AvgIpc) is 3.24. The first-order valence-electron chi connectivity index (χ1n) is 10.2. The Hall–Kier alpha value is -1.46. The van der Waals surface area contributed by atoms with Crippen molar-refractivity contribution in [3.05, 3.63) is 63.1 Å². The minimum atomic E-state index is -0.0702. The molecule has 4 nitrogen and oxygen atoms in total. The molecule has 0 saturated carbocycles. The molecule has 0 aromatic heterocycles. The predicted octanol–water partition coefficient (Wildman–Crippen LogP) is 5.27. The number of benzene rings is 2. The molecule has 1 aliphatic carbocycles. The molecule has 0 radical (unpaired) electrons. The molecule has 1 aliphatic heterocycles. The van der Waals surface area contributed by atoms with Crippen LogP contribution in [-0.2, 0) is 17.6 Å². The summed E-state index contributed by atoms with van der Waals surface area (Å²) in [5.41, 5.74) is 2.89. The van der Waals surface area contributed by atoms with Gasteiger partial charge < -0.3 is 10.0 Å². The molecule has 0 bridgehead atoms. The quantitative estimate of drug-likeness (QED) is 0.663. The maximum absolute atomic E-state index is 13.2. The number of hydrogen-bond donors (Lipinski definition) is 1. The Morgan fingerprint density at radius 3 is 2.60 bits per heavy atom. The van der Waals surface area contributed by atoms with Crippen LogP contribution in [0, 0.1) is 0 Å². The van der Waals surface area contributed by atoms with Gasteiger partial charge in [-0.1, -0.05) is 41.4 Å². The summed E-state index contributed by atoms with van der Waals surface area (Å²) in [6.45, 7) is 2.15. The normalized spacial score (nSPS) is 21.0. The van der Waals surface area contributed by atoms with E-state index < -0.39 is 0 Å². The molecule has 2 aliphatic rings. The summed E-state index contributed by atoms with van der Waals surface area (Å²) in [7, 11) is 1.88. The van der Waals surface area contributed by atoms with Crippen molar-refractivity contribution in [2.75, 3.05) is 20.1 Å². The number of phenols is 1. The summed E-state index contributed by atoms with van der Waals surface area (Å²) in [5, 5.41) is 11.3. The lowest BCUT2D eigenvalue weighted by atomic mass is 9.82. The number of likely N-dealkylation sites (tertiary alicyclic amines) is 1. The first-order chi connectivity index (χ1) is 14.0. The summed E-state index contributed by atoms with van der Waals surface area (Å²) in [6, 6.07) is 11.2. The SMILES string of the molecule is CN(C(=O)Cc1ccc(Cl)c(Cl)c1)C1c2cccc(O)c2CCC1N1CCCC1.Cl. The van der Waals surface area contributed by atoms with E-state index in [1.165, 1.54) is 12.8 Å². The van der Waals surface area contributed by atoms with Gasteiger partial charge in [-0.3, -0.25) is 9.69 Å². The number of aromatic hydroxyl groups is 1. The van der Waals surface area contributed by atoms with Crippen LogP contribution in [0.4, 0.5) is 0 Å². The fourth-order valence-corrected chi connectivity index (χ4v) is 5.15. The van der Waals surface area contributed by atoms with Crippen molar-refractivity contribution in [1.29, 1.82) is 0 Å². The van der Waals surface area contributed by atoms with E-state index >= 15 is 0 Å². The molecule has 1 N–H and O–H groups in total. The van der Waals surface area contributed by atoms with Gasteiger partial charge in [-0.05, 0) is 73.7 Å². The number of carbonyl (C=O) groups is 1. The third-order valence-corrected chi connectivity index (χ3v) is 7.06. The van der Waals surface area contributed by atoms with Crippen LogP contribution in [0.25, 0.3) is 0 Å². The van der Waals surface area contributed by atoms with Gasteiger partial charge in [0.05, 0.1) is 22.5 Å². The molecular weight excluding hydrogens is 443 g/mol. The van der Waals surface area contributed by atoms with Gasteiger partial charge in [0.25, 0.3) is 0 Å². The average molecular weight is 470 g/mol. The summed E-state index contributed by atoms with van der Waals surface area (Å²) in [5.74, 6) is 0.367. The third-order valence-electron chi connectivity index (χ3n) is 6.32. The number of phenolic OH excluding ortho intramolecular Hbond substituents is 1. The number of hydrogen-bond acceptors (Lipinski definition) is 3. The maximum Gasteiger partial charge on any atom is 0.227 e. The first kappa shape index (κ1) is 23.2. The highest BCUT2D eigenvalue weighted by atomic mass is 35.5. The molecule has 0 spiro atoms. The van der Waals surface area contributed by atoms with Crippen LogP contribution in [0.15, 0.2) is 36.4 Å². The van der Waals surface area contributed by atoms with Gasteiger partial charge in [0.1, 0.15) is 5.75 Å². The molecule has 1 saturated heterocycles. The van der Waals surface area contributed by atoms with Crippen LogP contribution in [0.1, 0.15) is 42.0 Å². The lowest BCUT2D eigenvalue weighted by Gasteiger charge is -2.43. The molecule has 7 heteroatoms. The number of fused-ring (bicyclic) bond motifs is 1. The fraction of sp³-hybridized carbons (Fsp3) is 0.435. The number of halogens is 3. The summed E-state index contributed by atoms with van der Waals surface area (Å²) in [6.07, 6.45) is 4.47. The Labute approximate surface area is 194 Å². The zero-order valence-electron chi connectivity index (χ0n) is 17.0. The summed E-state index contributed by atoms with van der Waals surface area (Å²) < 4.78 is 0. The number of likely N-dealkylation sites (N-methyl/N-ethyl adjacent to an activating group) is 1. The second kappa shape index (κ2) is 9.78. The van der Waals surface area contributed by atoms with Gasteiger partial charge in [-0.2, -0.15) is 0 Å². The highest BCUT2D eigenvalue weighted by Crippen LogP contribution is 2.41. The second-order valence-electron chi connectivity index (χ2n) is 8.07. The zero-order valence-corrected chi connectivity index (χ0v) is 19.3. The molecular formula is C23H27Cl3N2O2. The third kappa shape index (κ3) is 4.57. The largest absolute Gasteiger partial charge is 0.508 e. The smallest absolute Gasteiger partial charge is 0.227 e. The molecule has 30 heavy (non-hydrogen) atoms. The zero-order chi connectivity index (χ0) is 20.5. The van der Waals surface area contributed by atoms with Crippen LogP contribution in [0.5, 0.6) is 5.75 Å². The van der Waals surface area contributed by atoms with Crippen LogP contribution >= 0.6 is 35.6 Å². The monoisotopic (exact) mass is 468 g/mol. The van der Waals surface area contributed by atoms with E-state index in [1.807, 2.05) is 24.1 Å². The van der Waals surface area contributed by atoms with E-state index in [9.17, 15) is 9.90 Å². The van der Waals surface area contributed by atoms with Crippen LogP contribution in [0.2, 0.25) is 10.0 Å². The molecule has 1 amide bonds. The molecule has 162 valence electrons. The molecule has 4 rings (SSSR count). The van der Waals surface area contributed by atoms with Crippen molar-refractivity contribution in [1.82, 2.24) is 9.80 Å². The Balaban J connectivity index is 0.00000256. The Kier molecular flexibility index (Phi) is 7.56. The standard InChI is InChI=1S/C23H26Cl2N2O2.ClH/c1-26(22(29)14-15-7-9-18(24)19(25)13-15)23-17-5-4-6-21(28)16(17)8-10-20(23)27-11-2-3-12-27;/h4-7,9,13,20,23,28H,2-3,8,10-12,14H2,1H3;1H. The highest BCUT2D eigenvalue weighted by molar-refractivity contribution is 6.42. The van der Waals surface area contributed by atoms with E-state index in [0.717, 1.165) is 42.6 Å². The van der Waals surface area contributed by atoms with E-state index in [1.54, 1.807) is 18.2 Å². The topological polar surface area (TPSA) is 43.8 Å². The van der Waals surface area contributed by atoms with Gasteiger partial charge in [-0.25, -0.2) is 0 Å². The van der Waals surface area contributed by atoms with Gasteiger partial charge in [0.2, 0.25) is 5.91 Å². The van der Waals surface area contributed by atoms with Crippen molar-refractivity contribution in [2.45, 2.75) is 44.2 Å². The lowest BCUT2D eigenvalue weighted by molar-refractivity contribution is -0.133. The number of rotatable bonds is 4. The van der Waals surface area contributed by atoms with Crippen LogP contribution < -0.4 is 0 Å². The van der Waals surface area contributed by atoms with Gasteiger partial charge in [-0.15, -0.1) is 12.4 Å². The Morgan fingerprint density at radius 1 is 1.17 bits per heavy atom. The minimum Gasteiger partial charge on any atom is -0.508 e. The molecule has 1 heterocycles. The van der Waals surface area contributed by atoms with E-state index in [-0.39, 0.29) is 36.8 Å². The number of nitrogens with zero attached hydrogens (tertiary/aromatic N) is 2. The van der Waals surface area contributed by atoms with Crippen LogP contribution in [0.3, 0.4) is 0 Å². The summed E-state index contributed by atoms with van der Waals surface area (Å²) in [4.78, 5) is 17.6. The molecule has 2 aromatic carbocycles. The van der Waals surface area contributed by atoms with Crippen molar-refractivity contribution >= 4 is 41.5 Å². The van der Waals surface area contributed by atoms with Crippen molar-refractivity contribution in [3.8, 4) is 5.75 Å². The van der Waals surface area contributed by atoms with Crippen molar-refractivity contribution in [3.63, 3.8) is 0 Å². The Morgan fingerprint density at radius 2 is 1.90 bits per heavy atom. The molecule has 2 aromatic rings. The van der Waals surface area contributed by atoms with Crippen molar-refractivity contribution < 1.29 is 9.90 Å². The van der Waals surface area contributed by atoms with Crippen molar-refractivity contribution in [2.24, 2.45) is 0 Å². The first-order valence-corrected chi connectivity index (χ1v) is 11.0.